The number of aromatic nitrogens is 4. The molecule has 2 heterocycles. The van der Waals surface area contributed by atoms with Crippen LogP contribution >= 0.6 is 0 Å². The molecule has 0 atom stereocenters. The van der Waals surface area contributed by atoms with Gasteiger partial charge in [-0.05, 0) is 13.0 Å². The molecule has 0 unspecified atom stereocenters. The predicted molar refractivity (Wildman–Crippen MR) is 74.3 cm³/mol. The minimum absolute atomic E-state index is 0.0919. The van der Waals surface area contributed by atoms with Crippen molar-refractivity contribution in [3.8, 4) is 11.5 Å². The van der Waals surface area contributed by atoms with E-state index in [1.807, 2.05) is 13.0 Å². The van der Waals surface area contributed by atoms with Crippen LogP contribution in [0, 0.1) is 6.92 Å². The highest BCUT2D eigenvalue weighted by molar-refractivity contribution is 5.53. The standard InChI is InChI=1S/C13H18N6/c1-8-15-6-5-9(16-8)12-17-10(13(2,3)4)7-11(18-12)19-14/h5-7H,14H2,1-4H3,(H,17,18,19). The molecule has 2 aromatic heterocycles. The van der Waals surface area contributed by atoms with Gasteiger partial charge in [-0.15, -0.1) is 0 Å². The highest BCUT2D eigenvalue weighted by Crippen LogP contribution is 2.24. The molecular weight excluding hydrogens is 240 g/mol. The second kappa shape index (κ2) is 4.89. The van der Waals surface area contributed by atoms with E-state index in [0.29, 0.717) is 23.2 Å². The number of nitrogens with zero attached hydrogens (tertiary/aromatic N) is 4. The van der Waals surface area contributed by atoms with Crippen LogP contribution in [0.1, 0.15) is 32.3 Å². The third-order valence-electron chi connectivity index (χ3n) is 2.65. The second-order valence-corrected chi connectivity index (χ2v) is 5.35. The number of hydrogen-bond donors (Lipinski definition) is 2. The zero-order chi connectivity index (χ0) is 14.0. The number of nitrogens with one attached hydrogen (secondary N) is 1. The lowest BCUT2D eigenvalue weighted by Crippen LogP contribution is -2.17. The van der Waals surface area contributed by atoms with E-state index in [1.165, 1.54) is 0 Å². The maximum Gasteiger partial charge on any atom is 0.180 e. The summed E-state index contributed by atoms with van der Waals surface area (Å²) in [5.74, 6) is 7.27. The summed E-state index contributed by atoms with van der Waals surface area (Å²) in [5.41, 5.74) is 4.07. The Kier molecular flexibility index (Phi) is 3.44. The highest BCUT2D eigenvalue weighted by Gasteiger charge is 2.18. The normalized spacial score (nSPS) is 11.4. The summed E-state index contributed by atoms with van der Waals surface area (Å²) in [6.07, 6.45) is 1.69. The zero-order valence-corrected chi connectivity index (χ0v) is 11.6. The van der Waals surface area contributed by atoms with E-state index in [2.05, 4.69) is 46.1 Å². The van der Waals surface area contributed by atoms with Crippen LogP contribution in [0.3, 0.4) is 0 Å². The van der Waals surface area contributed by atoms with Crippen LogP contribution in [0.5, 0.6) is 0 Å². The number of hydrazine groups is 1. The summed E-state index contributed by atoms with van der Waals surface area (Å²) in [5, 5.41) is 0. The Balaban J connectivity index is 2.57. The molecule has 6 heteroatoms. The van der Waals surface area contributed by atoms with Gasteiger partial charge in [-0.3, -0.25) is 0 Å². The van der Waals surface area contributed by atoms with Crippen LogP contribution in [0.25, 0.3) is 11.5 Å². The SMILES string of the molecule is Cc1nccc(-c2nc(NN)cc(C(C)(C)C)n2)n1. The first-order valence-electron chi connectivity index (χ1n) is 6.06. The molecule has 100 valence electrons. The van der Waals surface area contributed by atoms with E-state index >= 15 is 0 Å². The zero-order valence-electron chi connectivity index (χ0n) is 11.6. The summed E-state index contributed by atoms with van der Waals surface area (Å²) in [6.45, 7) is 8.10. The van der Waals surface area contributed by atoms with Crippen molar-refractivity contribution in [2.24, 2.45) is 5.84 Å². The molecule has 0 fully saturated rings. The minimum Gasteiger partial charge on any atom is -0.308 e. The molecule has 0 aliphatic rings. The maximum absolute atomic E-state index is 5.47. The predicted octanol–water partition coefficient (Wildman–Crippen LogP) is 1.83. The largest absolute Gasteiger partial charge is 0.308 e. The lowest BCUT2D eigenvalue weighted by Gasteiger charge is -2.19. The summed E-state index contributed by atoms with van der Waals surface area (Å²) in [6, 6.07) is 3.63. The average molecular weight is 258 g/mol. The third-order valence-corrected chi connectivity index (χ3v) is 2.65. The Hall–Kier alpha value is -2.08. The van der Waals surface area contributed by atoms with Crippen molar-refractivity contribution >= 4 is 5.82 Å². The van der Waals surface area contributed by atoms with E-state index < -0.39 is 0 Å². The first kappa shape index (κ1) is 13.4. The van der Waals surface area contributed by atoms with Crippen molar-refractivity contribution < 1.29 is 0 Å². The van der Waals surface area contributed by atoms with Crippen molar-refractivity contribution in [1.29, 1.82) is 0 Å². The Morgan fingerprint density at radius 3 is 2.47 bits per heavy atom. The molecule has 3 N–H and O–H groups in total. The van der Waals surface area contributed by atoms with Crippen molar-refractivity contribution in [3.63, 3.8) is 0 Å². The summed E-state index contributed by atoms with van der Waals surface area (Å²) < 4.78 is 0. The average Bonchev–Trinajstić information content (AvgIpc) is 2.37. The fraction of sp³-hybridized carbons (Fsp3) is 0.385. The van der Waals surface area contributed by atoms with Crippen LogP contribution < -0.4 is 11.3 Å². The number of aryl methyl sites for hydroxylation is 1. The van der Waals surface area contributed by atoms with Crippen LogP contribution in [0.4, 0.5) is 5.82 Å². The van der Waals surface area contributed by atoms with Gasteiger partial charge in [0.05, 0.1) is 5.69 Å². The van der Waals surface area contributed by atoms with Crippen molar-refractivity contribution in [3.05, 3.63) is 29.8 Å². The Morgan fingerprint density at radius 1 is 1.16 bits per heavy atom. The number of rotatable bonds is 2. The molecule has 0 aromatic carbocycles. The molecule has 2 rings (SSSR count). The Bertz CT molecular complexity index is 588. The first-order chi connectivity index (χ1) is 8.90. The van der Waals surface area contributed by atoms with E-state index in [4.69, 9.17) is 5.84 Å². The van der Waals surface area contributed by atoms with Crippen molar-refractivity contribution in [2.45, 2.75) is 33.1 Å². The van der Waals surface area contributed by atoms with Gasteiger partial charge in [0.15, 0.2) is 5.82 Å². The fourth-order valence-electron chi connectivity index (χ4n) is 1.60. The molecule has 0 aliphatic heterocycles. The molecule has 0 saturated carbocycles. The van der Waals surface area contributed by atoms with Crippen molar-refractivity contribution in [1.82, 2.24) is 19.9 Å². The van der Waals surface area contributed by atoms with Crippen molar-refractivity contribution in [2.75, 3.05) is 5.43 Å². The molecule has 0 aliphatic carbocycles. The van der Waals surface area contributed by atoms with E-state index in [9.17, 15) is 0 Å². The van der Waals surface area contributed by atoms with Gasteiger partial charge in [0.25, 0.3) is 0 Å². The smallest absolute Gasteiger partial charge is 0.180 e. The van der Waals surface area contributed by atoms with E-state index in [0.717, 1.165) is 5.69 Å². The lowest BCUT2D eigenvalue weighted by atomic mass is 9.92. The van der Waals surface area contributed by atoms with Gasteiger partial charge in [-0.1, -0.05) is 20.8 Å². The monoisotopic (exact) mass is 258 g/mol. The molecule has 0 spiro atoms. The third kappa shape index (κ3) is 3.03. The Labute approximate surface area is 112 Å². The molecule has 0 saturated heterocycles. The molecule has 19 heavy (non-hydrogen) atoms. The molecule has 2 aromatic rings. The summed E-state index contributed by atoms with van der Waals surface area (Å²) in [7, 11) is 0. The van der Waals surface area contributed by atoms with Gasteiger partial charge in [0, 0.05) is 17.7 Å². The van der Waals surface area contributed by atoms with E-state index in [-0.39, 0.29) is 5.41 Å². The van der Waals surface area contributed by atoms with Gasteiger partial charge in [-0.25, -0.2) is 25.8 Å². The quantitative estimate of drug-likeness (QED) is 0.631. The van der Waals surface area contributed by atoms with Gasteiger partial charge >= 0.3 is 0 Å². The first-order valence-corrected chi connectivity index (χ1v) is 6.06. The number of hydrogen-bond acceptors (Lipinski definition) is 6. The van der Waals surface area contributed by atoms with Gasteiger partial charge in [0.1, 0.15) is 17.3 Å². The minimum atomic E-state index is -0.0919. The lowest BCUT2D eigenvalue weighted by molar-refractivity contribution is 0.568. The second-order valence-electron chi connectivity index (χ2n) is 5.35. The maximum atomic E-state index is 5.47. The highest BCUT2D eigenvalue weighted by atomic mass is 15.3. The molecule has 6 nitrogen and oxygen atoms in total. The van der Waals surface area contributed by atoms with Crippen LogP contribution in [0.2, 0.25) is 0 Å². The van der Waals surface area contributed by atoms with Gasteiger partial charge < -0.3 is 5.43 Å². The fourth-order valence-corrected chi connectivity index (χ4v) is 1.60. The molecule has 0 radical (unpaired) electrons. The number of nitrogens with two attached hydrogens (primary N) is 1. The molecular formula is C13H18N6. The molecule has 0 amide bonds. The summed E-state index contributed by atoms with van der Waals surface area (Å²) >= 11 is 0. The summed E-state index contributed by atoms with van der Waals surface area (Å²) in [4.78, 5) is 17.3. The number of nitrogen functional groups attached to an aromatic ring is 1. The number of anilines is 1. The molecule has 0 bridgehead atoms. The van der Waals surface area contributed by atoms with E-state index in [1.54, 1.807) is 12.3 Å². The van der Waals surface area contributed by atoms with Crippen LogP contribution in [0.15, 0.2) is 18.3 Å². The van der Waals surface area contributed by atoms with Crippen LogP contribution in [-0.2, 0) is 5.41 Å². The van der Waals surface area contributed by atoms with Gasteiger partial charge in [0.2, 0.25) is 0 Å². The van der Waals surface area contributed by atoms with Crippen LogP contribution in [-0.4, -0.2) is 19.9 Å². The van der Waals surface area contributed by atoms with Gasteiger partial charge in [-0.2, -0.15) is 0 Å². The Morgan fingerprint density at radius 2 is 1.89 bits per heavy atom. The topological polar surface area (TPSA) is 89.6 Å².